The van der Waals surface area contributed by atoms with Crippen molar-refractivity contribution in [2.75, 3.05) is 6.61 Å². The zero-order valence-corrected chi connectivity index (χ0v) is 9.36. The van der Waals surface area contributed by atoms with E-state index in [1.165, 1.54) is 0 Å². The van der Waals surface area contributed by atoms with Crippen molar-refractivity contribution >= 4 is 10.9 Å². The Morgan fingerprint density at radius 2 is 2.12 bits per heavy atom. The molecule has 1 aliphatic rings. The van der Waals surface area contributed by atoms with Crippen LogP contribution in [0.2, 0.25) is 0 Å². The smallest absolute Gasteiger partial charge is 0.137 e. The molecule has 1 saturated heterocycles. The van der Waals surface area contributed by atoms with Gasteiger partial charge in [0, 0.05) is 12.6 Å². The van der Waals surface area contributed by atoms with Gasteiger partial charge in [0.2, 0.25) is 0 Å². The van der Waals surface area contributed by atoms with E-state index in [2.05, 4.69) is 0 Å². The third-order valence-corrected chi connectivity index (χ3v) is 3.32. The number of para-hydroxylation sites is 1. The predicted molar refractivity (Wildman–Crippen MR) is 63.6 cm³/mol. The highest BCUT2D eigenvalue weighted by atomic mass is 16.5. The predicted octanol–water partition coefficient (Wildman–Crippen LogP) is 1.28. The SMILES string of the molecule is OCC1O[C@@H](n2ccc3ccccc32)C[C@@H]1O. The van der Waals surface area contributed by atoms with E-state index >= 15 is 0 Å². The zero-order valence-electron chi connectivity index (χ0n) is 9.36. The van der Waals surface area contributed by atoms with Crippen molar-refractivity contribution in [2.45, 2.75) is 24.9 Å². The second-order valence-corrected chi connectivity index (χ2v) is 4.40. The van der Waals surface area contributed by atoms with Gasteiger partial charge >= 0.3 is 0 Å². The minimum absolute atomic E-state index is 0.142. The molecule has 1 aromatic heterocycles. The highest BCUT2D eigenvalue weighted by molar-refractivity contribution is 5.80. The second-order valence-electron chi connectivity index (χ2n) is 4.40. The standard InChI is InChI=1S/C13H15NO3/c15-8-12-11(16)7-13(17-12)14-6-5-9-3-1-2-4-10(9)14/h1-6,11-13,15-16H,7-8H2/t11-,12?,13+/m0/s1. The minimum atomic E-state index is -0.592. The van der Waals surface area contributed by atoms with Crippen LogP contribution in [0.5, 0.6) is 0 Å². The molecule has 2 N–H and O–H groups in total. The van der Waals surface area contributed by atoms with Crippen LogP contribution < -0.4 is 0 Å². The Bertz CT molecular complexity index is 522. The fraction of sp³-hybridized carbons (Fsp3) is 0.385. The van der Waals surface area contributed by atoms with Gasteiger partial charge in [-0.25, -0.2) is 0 Å². The molecular weight excluding hydrogens is 218 g/mol. The molecule has 1 aromatic carbocycles. The number of aromatic nitrogens is 1. The molecule has 0 bridgehead atoms. The van der Waals surface area contributed by atoms with Crippen molar-refractivity contribution in [3.05, 3.63) is 36.5 Å². The number of hydrogen-bond donors (Lipinski definition) is 2. The number of rotatable bonds is 2. The zero-order chi connectivity index (χ0) is 11.8. The molecule has 0 radical (unpaired) electrons. The van der Waals surface area contributed by atoms with Gasteiger partial charge in [-0.1, -0.05) is 18.2 Å². The molecule has 3 atom stereocenters. The Kier molecular flexibility index (Phi) is 2.63. The van der Waals surface area contributed by atoms with Crippen molar-refractivity contribution in [2.24, 2.45) is 0 Å². The van der Waals surface area contributed by atoms with Crippen LogP contribution in [0.25, 0.3) is 10.9 Å². The maximum atomic E-state index is 9.73. The fourth-order valence-corrected chi connectivity index (χ4v) is 2.41. The van der Waals surface area contributed by atoms with Gasteiger partial charge in [-0.3, -0.25) is 0 Å². The molecule has 3 rings (SSSR count). The van der Waals surface area contributed by atoms with Crippen molar-refractivity contribution in [1.29, 1.82) is 0 Å². The van der Waals surface area contributed by atoms with E-state index in [0.717, 1.165) is 10.9 Å². The third kappa shape index (κ3) is 1.74. The maximum Gasteiger partial charge on any atom is 0.137 e. The van der Waals surface area contributed by atoms with E-state index in [9.17, 15) is 5.11 Å². The lowest BCUT2D eigenvalue weighted by Gasteiger charge is -2.14. The molecule has 17 heavy (non-hydrogen) atoms. The van der Waals surface area contributed by atoms with Gasteiger partial charge in [0.25, 0.3) is 0 Å². The molecule has 0 amide bonds. The van der Waals surface area contributed by atoms with Crippen LogP contribution in [0.3, 0.4) is 0 Å². The van der Waals surface area contributed by atoms with Crippen LogP contribution >= 0.6 is 0 Å². The summed E-state index contributed by atoms with van der Waals surface area (Å²) in [4.78, 5) is 0. The van der Waals surface area contributed by atoms with Crippen molar-refractivity contribution < 1.29 is 14.9 Å². The van der Waals surface area contributed by atoms with Gasteiger partial charge in [0.15, 0.2) is 0 Å². The molecule has 2 aromatic rings. The normalized spacial score (nSPS) is 28.9. The minimum Gasteiger partial charge on any atom is -0.394 e. The third-order valence-electron chi connectivity index (χ3n) is 3.32. The molecule has 0 saturated carbocycles. The van der Waals surface area contributed by atoms with E-state index < -0.39 is 12.2 Å². The quantitative estimate of drug-likeness (QED) is 0.821. The molecule has 1 fully saturated rings. The molecule has 4 nitrogen and oxygen atoms in total. The van der Waals surface area contributed by atoms with Gasteiger partial charge in [0.1, 0.15) is 12.3 Å². The van der Waals surface area contributed by atoms with Crippen LogP contribution in [0.15, 0.2) is 36.5 Å². The van der Waals surface area contributed by atoms with E-state index in [0.29, 0.717) is 6.42 Å². The summed E-state index contributed by atoms with van der Waals surface area (Å²) in [5.74, 6) is 0. The van der Waals surface area contributed by atoms with E-state index in [1.54, 1.807) is 0 Å². The lowest BCUT2D eigenvalue weighted by Crippen LogP contribution is -2.24. The number of hydrogen-bond acceptors (Lipinski definition) is 3. The molecule has 0 aliphatic carbocycles. The molecular formula is C13H15NO3. The largest absolute Gasteiger partial charge is 0.394 e. The number of aliphatic hydroxyl groups is 2. The van der Waals surface area contributed by atoms with Gasteiger partial charge in [-0.2, -0.15) is 0 Å². The van der Waals surface area contributed by atoms with E-state index in [4.69, 9.17) is 9.84 Å². The summed E-state index contributed by atoms with van der Waals surface area (Å²) >= 11 is 0. The van der Waals surface area contributed by atoms with Gasteiger partial charge in [-0.15, -0.1) is 0 Å². The van der Waals surface area contributed by atoms with Crippen LogP contribution in [0.1, 0.15) is 12.6 Å². The Labute approximate surface area is 99.1 Å². The first-order valence-corrected chi connectivity index (χ1v) is 5.79. The maximum absolute atomic E-state index is 9.73. The van der Waals surface area contributed by atoms with Crippen LogP contribution in [-0.2, 0) is 4.74 Å². The summed E-state index contributed by atoms with van der Waals surface area (Å²) in [6.07, 6.45) is 1.22. The summed E-state index contributed by atoms with van der Waals surface area (Å²) in [5, 5.41) is 20.0. The van der Waals surface area contributed by atoms with Crippen LogP contribution in [-0.4, -0.2) is 33.6 Å². The number of benzene rings is 1. The highest BCUT2D eigenvalue weighted by Crippen LogP contribution is 2.31. The number of fused-ring (bicyclic) bond motifs is 1. The Hall–Kier alpha value is -1.36. The molecule has 4 heteroatoms. The highest BCUT2D eigenvalue weighted by Gasteiger charge is 2.34. The number of aliphatic hydroxyl groups excluding tert-OH is 2. The Balaban J connectivity index is 1.95. The number of ether oxygens (including phenoxy) is 1. The Morgan fingerprint density at radius 3 is 2.88 bits per heavy atom. The summed E-state index contributed by atoms with van der Waals surface area (Å²) in [7, 11) is 0. The summed E-state index contributed by atoms with van der Waals surface area (Å²) in [5.41, 5.74) is 1.09. The first kappa shape index (κ1) is 10.8. The lowest BCUT2D eigenvalue weighted by atomic mass is 10.2. The van der Waals surface area contributed by atoms with Gasteiger partial charge < -0.3 is 19.5 Å². The molecule has 1 unspecified atom stereocenters. The monoisotopic (exact) mass is 233 g/mol. The first-order chi connectivity index (χ1) is 8.29. The average molecular weight is 233 g/mol. The lowest BCUT2D eigenvalue weighted by molar-refractivity contribution is -0.0428. The number of nitrogens with zero attached hydrogens (tertiary/aromatic N) is 1. The van der Waals surface area contributed by atoms with Gasteiger partial charge in [0.05, 0.1) is 18.2 Å². The van der Waals surface area contributed by atoms with Crippen molar-refractivity contribution in [3.8, 4) is 0 Å². The van der Waals surface area contributed by atoms with Crippen LogP contribution in [0, 0.1) is 0 Å². The molecule has 1 aliphatic heterocycles. The Morgan fingerprint density at radius 1 is 1.29 bits per heavy atom. The van der Waals surface area contributed by atoms with Crippen molar-refractivity contribution in [3.63, 3.8) is 0 Å². The molecule has 2 heterocycles. The van der Waals surface area contributed by atoms with E-state index in [-0.39, 0.29) is 12.8 Å². The average Bonchev–Trinajstić information content (AvgIpc) is 2.92. The molecule has 0 spiro atoms. The summed E-state index contributed by atoms with van der Waals surface area (Å²) < 4.78 is 7.65. The van der Waals surface area contributed by atoms with E-state index in [1.807, 2.05) is 41.1 Å². The fourth-order valence-electron chi connectivity index (χ4n) is 2.41. The molecule has 90 valence electrons. The summed E-state index contributed by atoms with van der Waals surface area (Å²) in [6, 6.07) is 10.1. The van der Waals surface area contributed by atoms with Crippen molar-refractivity contribution in [1.82, 2.24) is 4.57 Å². The topological polar surface area (TPSA) is 54.6 Å². The first-order valence-electron chi connectivity index (χ1n) is 5.79. The van der Waals surface area contributed by atoms with Gasteiger partial charge in [-0.05, 0) is 17.5 Å². The second kappa shape index (κ2) is 4.14. The van der Waals surface area contributed by atoms with Crippen LogP contribution in [0.4, 0.5) is 0 Å². The summed E-state index contributed by atoms with van der Waals surface area (Å²) in [6.45, 7) is -0.142.